The van der Waals surface area contributed by atoms with E-state index in [-0.39, 0.29) is 11.7 Å². The van der Waals surface area contributed by atoms with E-state index in [0.29, 0.717) is 28.2 Å². The summed E-state index contributed by atoms with van der Waals surface area (Å²) in [7, 11) is 0. The summed E-state index contributed by atoms with van der Waals surface area (Å²) in [6.07, 6.45) is 2.09. The zero-order valence-electron chi connectivity index (χ0n) is 11.2. The van der Waals surface area contributed by atoms with Crippen molar-refractivity contribution in [2.45, 2.75) is 25.8 Å². The van der Waals surface area contributed by atoms with Crippen LogP contribution in [0.4, 0.5) is 11.4 Å². The summed E-state index contributed by atoms with van der Waals surface area (Å²) in [4.78, 5) is 12.4. The average Bonchev–Trinajstić information content (AvgIpc) is 2.39. The first-order chi connectivity index (χ1) is 9.43. The molecular weight excluding hydrogens is 301 g/mol. The van der Waals surface area contributed by atoms with Crippen LogP contribution in [0.5, 0.6) is 0 Å². The number of anilines is 1. The van der Waals surface area contributed by atoms with Crippen molar-refractivity contribution < 1.29 is 4.92 Å². The number of non-ortho nitro benzene ring substituents is 1. The summed E-state index contributed by atoms with van der Waals surface area (Å²) < 4.78 is 0. The lowest BCUT2D eigenvalue weighted by Crippen LogP contribution is -2.44. The first-order valence-corrected chi connectivity index (χ1v) is 7.29. The van der Waals surface area contributed by atoms with Gasteiger partial charge in [-0.15, -0.1) is 0 Å². The van der Waals surface area contributed by atoms with Gasteiger partial charge in [-0.05, 0) is 32.2 Å². The van der Waals surface area contributed by atoms with E-state index in [9.17, 15) is 10.1 Å². The topological polar surface area (TPSA) is 72.4 Å². The minimum Gasteiger partial charge on any atom is -0.366 e. The molecule has 1 aliphatic heterocycles. The summed E-state index contributed by atoms with van der Waals surface area (Å²) in [6.45, 7) is 3.49. The molecule has 0 radical (unpaired) electrons. The quantitative estimate of drug-likeness (QED) is 0.684. The lowest BCUT2D eigenvalue weighted by molar-refractivity contribution is -0.384. The molecule has 1 aromatic rings. The van der Waals surface area contributed by atoms with Crippen molar-refractivity contribution in [2.75, 3.05) is 18.0 Å². The lowest BCUT2D eigenvalue weighted by atomic mass is 9.93. The van der Waals surface area contributed by atoms with Crippen LogP contribution >= 0.6 is 23.2 Å². The molecule has 110 valence electrons. The van der Waals surface area contributed by atoms with Gasteiger partial charge in [-0.3, -0.25) is 10.1 Å². The molecule has 2 N–H and O–H groups in total. The predicted octanol–water partition coefficient (Wildman–Crippen LogP) is 3.47. The Morgan fingerprint density at radius 2 is 2.00 bits per heavy atom. The predicted molar refractivity (Wildman–Crippen MR) is 81.7 cm³/mol. The molecule has 0 bridgehead atoms. The molecule has 2 rings (SSSR count). The highest BCUT2D eigenvalue weighted by molar-refractivity contribution is 6.39. The fraction of sp³-hybridized carbons (Fsp3) is 0.538. The standard InChI is InChI=1S/C13H17Cl2N3O2/c1-8-2-3-9(6-16)7-17(8)13-11(14)4-10(18(19)20)5-12(13)15/h4-5,8-9H,2-3,6-7,16H2,1H3. The maximum atomic E-state index is 10.8. The van der Waals surface area contributed by atoms with Crippen LogP contribution in [0.1, 0.15) is 19.8 Å². The summed E-state index contributed by atoms with van der Waals surface area (Å²) >= 11 is 12.4. The number of rotatable bonds is 3. The van der Waals surface area contributed by atoms with Gasteiger partial charge in [0.1, 0.15) is 0 Å². The Bertz CT molecular complexity index is 501. The molecule has 1 aromatic carbocycles. The van der Waals surface area contributed by atoms with Crippen LogP contribution in [0.25, 0.3) is 0 Å². The molecule has 20 heavy (non-hydrogen) atoms. The summed E-state index contributed by atoms with van der Waals surface area (Å²) in [5, 5.41) is 11.4. The van der Waals surface area contributed by atoms with Gasteiger partial charge in [-0.2, -0.15) is 0 Å². The Morgan fingerprint density at radius 1 is 1.40 bits per heavy atom. The molecule has 1 fully saturated rings. The van der Waals surface area contributed by atoms with Crippen LogP contribution in [0.15, 0.2) is 12.1 Å². The van der Waals surface area contributed by atoms with Crippen LogP contribution in [0.2, 0.25) is 10.0 Å². The highest BCUT2D eigenvalue weighted by Crippen LogP contribution is 2.40. The Kier molecular flexibility index (Phi) is 4.73. The first-order valence-electron chi connectivity index (χ1n) is 6.54. The van der Waals surface area contributed by atoms with E-state index in [1.807, 2.05) is 0 Å². The molecule has 5 nitrogen and oxygen atoms in total. The number of nitro benzene ring substituents is 1. The second-order valence-electron chi connectivity index (χ2n) is 5.20. The van der Waals surface area contributed by atoms with Crippen LogP contribution in [-0.2, 0) is 0 Å². The second kappa shape index (κ2) is 6.16. The van der Waals surface area contributed by atoms with Crippen molar-refractivity contribution in [1.29, 1.82) is 0 Å². The van der Waals surface area contributed by atoms with Crippen molar-refractivity contribution in [3.8, 4) is 0 Å². The maximum absolute atomic E-state index is 10.8. The van der Waals surface area contributed by atoms with Gasteiger partial charge in [0.25, 0.3) is 5.69 Å². The number of benzene rings is 1. The molecule has 0 spiro atoms. The monoisotopic (exact) mass is 317 g/mol. The Balaban J connectivity index is 2.38. The third kappa shape index (κ3) is 3.00. The Morgan fingerprint density at radius 3 is 2.50 bits per heavy atom. The van der Waals surface area contributed by atoms with Gasteiger partial charge >= 0.3 is 0 Å². The SMILES string of the molecule is CC1CCC(CN)CN1c1c(Cl)cc([N+](=O)[O-])cc1Cl. The number of hydrogen-bond donors (Lipinski definition) is 1. The van der Waals surface area contributed by atoms with Gasteiger partial charge in [-0.1, -0.05) is 23.2 Å². The molecule has 7 heteroatoms. The number of piperidine rings is 1. The highest BCUT2D eigenvalue weighted by Gasteiger charge is 2.28. The van der Waals surface area contributed by atoms with Crippen molar-refractivity contribution >= 4 is 34.6 Å². The van der Waals surface area contributed by atoms with Gasteiger partial charge in [0.2, 0.25) is 0 Å². The fourth-order valence-corrected chi connectivity index (χ4v) is 3.31. The molecular formula is C13H17Cl2N3O2. The minimum absolute atomic E-state index is 0.0937. The van der Waals surface area contributed by atoms with Gasteiger partial charge in [0.05, 0.1) is 20.7 Å². The number of hydrogen-bond acceptors (Lipinski definition) is 4. The third-order valence-electron chi connectivity index (χ3n) is 3.81. The average molecular weight is 318 g/mol. The molecule has 0 aromatic heterocycles. The Hall–Kier alpha value is -1.04. The number of nitrogens with two attached hydrogens (primary N) is 1. The minimum atomic E-state index is -0.496. The molecule has 1 saturated heterocycles. The summed E-state index contributed by atoms with van der Waals surface area (Å²) in [6, 6.07) is 2.98. The molecule has 1 heterocycles. The number of halogens is 2. The Labute approximate surface area is 127 Å². The van der Waals surface area contributed by atoms with E-state index in [0.717, 1.165) is 19.4 Å². The lowest BCUT2D eigenvalue weighted by Gasteiger charge is -2.40. The van der Waals surface area contributed by atoms with Gasteiger partial charge in [0, 0.05) is 24.7 Å². The van der Waals surface area contributed by atoms with Crippen molar-refractivity contribution in [1.82, 2.24) is 0 Å². The molecule has 0 amide bonds. The second-order valence-corrected chi connectivity index (χ2v) is 6.01. The van der Waals surface area contributed by atoms with Crippen LogP contribution in [-0.4, -0.2) is 24.1 Å². The van der Waals surface area contributed by atoms with Crippen molar-refractivity contribution in [2.24, 2.45) is 11.7 Å². The molecule has 1 aliphatic rings. The number of nitro groups is 1. The van der Waals surface area contributed by atoms with Gasteiger partial charge < -0.3 is 10.6 Å². The van der Waals surface area contributed by atoms with E-state index >= 15 is 0 Å². The van der Waals surface area contributed by atoms with E-state index in [1.54, 1.807) is 0 Å². The zero-order valence-corrected chi connectivity index (χ0v) is 12.7. The molecule has 0 aliphatic carbocycles. The number of nitrogens with zero attached hydrogens (tertiary/aromatic N) is 2. The maximum Gasteiger partial charge on any atom is 0.272 e. The smallest absolute Gasteiger partial charge is 0.272 e. The fourth-order valence-electron chi connectivity index (χ4n) is 2.62. The normalized spacial score (nSPS) is 22.9. The van der Waals surface area contributed by atoms with Crippen LogP contribution in [0.3, 0.4) is 0 Å². The summed E-state index contributed by atoms with van der Waals surface area (Å²) in [5.74, 6) is 0.397. The highest BCUT2D eigenvalue weighted by atomic mass is 35.5. The van der Waals surface area contributed by atoms with Crippen LogP contribution in [0, 0.1) is 16.0 Å². The van der Waals surface area contributed by atoms with Gasteiger partial charge in [-0.25, -0.2) is 0 Å². The molecule has 2 atom stereocenters. The molecule has 0 saturated carbocycles. The van der Waals surface area contributed by atoms with Crippen molar-refractivity contribution in [3.05, 3.63) is 32.3 Å². The van der Waals surface area contributed by atoms with Gasteiger partial charge in [0.15, 0.2) is 0 Å². The third-order valence-corrected chi connectivity index (χ3v) is 4.39. The van der Waals surface area contributed by atoms with E-state index in [1.165, 1.54) is 12.1 Å². The largest absolute Gasteiger partial charge is 0.366 e. The molecule has 2 unspecified atom stereocenters. The van der Waals surface area contributed by atoms with Crippen LogP contribution < -0.4 is 10.6 Å². The summed E-state index contributed by atoms with van der Waals surface area (Å²) in [5.41, 5.74) is 6.32. The first kappa shape index (κ1) is 15.4. The van der Waals surface area contributed by atoms with E-state index in [4.69, 9.17) is 28.9 Å². The van der Waals surface area contributed by atoms with E-state index < -0.39 is 4.92 Å². The zero-order chi connectivity index (χ0) is 14.9. The van der Waals surface area contributed by atoms with Crippen molar-refractivity contribution in [3.63, 3.8) is 0 Å². The van der Waals surface area contributed by atoms with E-state index in [2.05, 4.69) is 11.8 Å².